The van der Waals surface area contributed by atoms with Gasteiger partial charge in [-0.2, -0.15) is 0 Å². The van der Waals surface area contributed by atoms with E-state index in [-0.39, 0.29) is 43.8 Å². The highest BCUT2D eigenvalue weighted by atomic mass is 16.4. The molecule has 0 aliphatic heterocycles. The van der Waals surface area contributed by atoms with Gasteiger partial charge < -0.3 is 64.2 Å². The smallest absolute Gasteiger partial charge is 0.105 e. The van der Waals surface area contributed by atoms with Crippen LogP contribution >= 0.6 is 0 Å². The highest BCUT2D eigenvalue weighted by molar-refractivity contribution is 4.62. The van der Waals surface area contributed by atoms with Crippen LogP contribution in [0.2, 0.25) is 0 Å². The molecule has 0 aliphatic carbocycles. The standard InChI is InChI=1S/C4H10O4.8H2O/c5-1-3(7)4(8)2-6;;;;;;;;/h3-8H,1-2H2;8*1H2/t3-,4+;;;;;;;;. The Morgan fingerprint density at radius 1 is 0.500 bits per heavy atom. The zero-order valence-electron chi connectivity index (χ0n) is 8.36. The first-order chi connectivity index (χ1) is 3.72. The second-order valence-electron chi connectivity index (χ2n) is 1.50. The molecule has 0 unspecified atom stereocenters. The van der Waals surface area contributed by atoms with E-state index in [0.717, 1.165) is 0 Å². The van der Waals surface area contributed by atoms with Crippen LogP contribution in [0.1, 0.15) is 0 Å². The van der Waals surface area contributed by atoms with E-state index in [1.165, 1.54) is 0 Å². The van der Waals surface area contributed by atoms with E-state index in [1.807, 2.05) is 0 Å². The van der Waals surface area contributed by atoms with Crippen molar-refractivity contribution in [1.82, 2.24) is 0 Å². The number of hydrogen-bond acceptors (Lipinski definition) is 4. The molecule has 0 rings (SSSR count). The molecule has 0 aromatic heterocycles. The van der Waals surface area contributed by atoms with Crippen LogP contribution in [0.4, 0.5) is 0 Å². The Balaban J connectivity index is -0.00000000875. The number of hydrogen-bond donors (Lipinski definition) is 4. The summed E-state index contributed by atoms with van der Waals surface area (Å²) in [5.74, 6) is 0. The summed E-state index contributed by atoms with van der Waals surface area (Å²) < 4.78 is 0. The third-order valence-electron chi connectivity index (χ3n) is 0.818. The van der Waals surface area contributed by atoms with Gasteiger partial charge in [-0.25, -0.2) is 0 Å². The van der Waals surface area contributed by atoms with Crippen molar-refractivity contribution < 1.29 is 64.2 Å². The minimum atomic E-state index is -1.22. The molecule has 0 saturated heterocycles. The molecule has 20 N–H and O–H groups in total. The summed E-state index contributed by atoms with van der Waals surface area (Å²) in [4.78, 5) is 0. The van der Waals surface area contributed by atoms with E-state index in [2.05, 4.69) is 0 Å². The summed E-state index contributed by atoms with van der Waals surface area (Å²) in [5, 5.41) is 33.2. The molecule has 0 radical (unpaired) electrons. The van der Waals surface area contributed by atoms with Crippen LogP contribution in [0.5, 0.6) is 0 Å². The number of aliphatic hydroxyl groups is 4. The van der Waals surface area contributed by atoms with E-state index >= 15 is 0 Å². The quantitative estimate of drug-likeness (QED) is 0.385. The molecule has 0 spiro atoms. The van der Waals surface area contributed by atoms with Gasteiger partial charge in [0.2, 0.25) is 0 Å². The Labute approximate surface area is 90.9 Å². The predicted octanol–water partition coefficient (Wildman–Crippen LogP) is -8.90. The number of aliphatic hydroxyl groups excluding tert-OH is 4. The minimum absolute atomic E-state index is 0. The summed E-state index contributed by atoms with van der Waals surface area (Å²) in [6, 6.07) is 0. The van der Waals surface area contributed by atoms with Gasteiger partial charge in [0.25, 0.3) is 0 Å². The maximum atomic E-state index is 8.47. The van der Waals surface area contributed by atoms with Gasteiger partial charge in [0.1, 0.15) is 12.2 Å². The van der Waals surface area contributed by atoms with Crippen molar-refractivity contribution in [3.63, 3.8) is 0 Å². The lowest BCUT2D eigenvalue weighted by atomic mass is 10.2. The van der Waals surface area contributed by atoms with Crippen molar-refractivity contribution in [1.29, 1.82) is 0 Å². The maximum Gasteiger partial charge on any atom is 0.105 e. The summed E-state index contributed by atoms with van der Waals surface area (Å²) in [6.07, 6.45) is -2.44. The van der Waals surface area contributed by atoms with Gasteiger partial charge in [-0.15, -0.1) is 0 Å². The summed E-state index contributed by atoms with van der Waals surface area (Å²) in [7, 11) is 0. The SMILES string of the molecule is O.O.O.O.O.O.O.O.OC[C@@H](O)[C@@H](O)CO. The van der Waals surface area contributed by atoms with Crippen LogP contribution in [0.15, 0.2) is 0 Å². The minimum Gasteiger partial charge on any atom is -0.412 e. The van der Waals surface area contributed by atoms with Crippen LogP contribution in [0, 0.1) is 0 Å². The molecular formula is C4H26O12. The van der Waals surface area contributed by atoms with Crippen molar-refractivity contribution in [2.75, 3.05) is 13.2 Å². The van der Waals surface area contributed by atoms with Crippen molar-refractivity contribution in [3.05, 3.63) is 0 Å². The van der Waals surface area contributed by atoms with Gasteiger partial charge >= 0.3 is 0 Å². The molecule has 0 fully saturated rings. The molecule has 2 atom stereocenters. The largest absolute Gasteiger partial charge is 0.412 e. The Bertz CT molecular complexity index is 53.0. The highest BCUT2D eigenvalue weighted by Gasteiger charge is 2.12. The lowest BCUT2D eigenvalue weighted by molar-refractivity contribution is -0.0388. The molecule has 0 bridgehead atoms. The van der Waals surface area contributed by atoms with E-state index in [4.69, 9.17) is 20.4 Å². The Morgan fingerprint density at radius 3 is 0.688 bits per heavy atom. The van der Waals surface area contributed by atoms with E-state index in [1.54, 1.807) is 0 Å². The summed E-state index contributed by atoms with van der Waals surface area (Å²) in [5.41, 5.74) is 0. The zero-order chi connectivity index (χ0) is 6.57. The second kappa shape index (κ2) is 46.9. The van der Waals surface area contributed by atoms with Gasteiger partial charge in [-0.3, -0.25) is 0 Å². The predicted molar refractivity (Wildman–Crippen MR) is 55.1 cm³/mol. The number of rotatable bonds is 3. The van der Waals surface area contributed by atoms with Crippen LogP contribution in [-0.4, -0.2) is 89.7 Å². The fourth-order valence-electron chi connectivity index (χ4n) is 0.243. The van der Waals surface area contributed by atoms with Gasteiger partial charge in [-0.05, 0) is 0 Å². The third-order valence-corrected chi connectivity index (χ3v) is 0.818. The molecule has 0 aromatic carbocycles. The maximum absolute atomic E-state index is 8.47. The first-order valence-electron chi connectivity index (χ1n) is 2.30. The molecule has 0 aliphatic rings. The van der Waals surface area contributed by atoms with Crippen molar-refractivity contribution in [3.8, 4) is 0 Å². The van der Waals surface area contributed by atoms with Crippen LogP contribution < -0.4 is 0 Å². The van der Waals surface area contributed by atoms with Gasteiger partial charge in [-0.1, -0.05) is 0 Å². The first-order valence-corrected chi connectivity index (χ1v) is 2.30. The van der Waals surface area contributed by atoms with Crippen molar-refractivity contribution in [2.24, 2.45) is 0 Å². The highest BCUT2D eigenvalue weighted by Crippen LogP contribution is 1.88. The van der Waals surface area contributed by atoms with Crippen LogP contribution in [0.3, 0.4) is 0 Å². The fourth-order valence-corrected chi connectivity index (χ4v) is 0.243. The van der Waals surface area contributed by atoms with Gasteiger partial charge in [0.15, 0.2) is 0 Å². The summed E-state index contributed by atoms with van der Waals surface area (Å²) >= 11 is 0. The van der Waals surface area contributed by atoms with Gasteiger partial charge in [0, 0.05) is 0 Å². The summed E-state index contributed by atoms with van der Waals surface area (Å²) in [6.45, 7) is -1.05. The molecule has 0 amide bonds. The Hall–Kier alpha value is -0.480. The fraction of sp³-hybridized carbons (Fsp3) is 1.00. The first kappa shape index (κ1) is 77.0. The molecule has 0 saturated carbocycles. The molecule has 114 valence electrons. The zero-order valence-corrected chi connectivity index (χ0v) is 8.36. The van der Waals surface area contributed by atoms with Gasteiger partial charge in [0.05, 0.1) is 13.2 Å². The molecule has 16 heavy (non-hydrogen) atoms. The van der Waals surface area contributed by atoms with Crippen molar-refractivity contribution >= 4 is 0 Å². The molecule has 0 aromatic rings. The van der Waals surface area contributed by atoms with E-state index in [9.17, 15) is 0 Å². The van der Waals surface area contributed by atoms with Crippen LogP contribution in [0.25, 0.3) is 0 Å². The molecular weight excluding hydrogens is 240 g/mol. The monoisotopic (exact) mass is 266 g/mol. The lowest BCUT2D eigenvalue weighted by Crippen LogP contribution is -2.31. The normalized spacial score (nSPS) is 9.00. The molecule has 0 heterocycles. The second-order valence-corrected chi connectivity index (χ2v) is 1.50. The van der Waals surface area contributed by atoms with Crippen LogP contribution in [-0.2, 0) is 0 Å². The Kier molecular flexibility index (Phi) is 226. The average molecular weight is 266 g/mol. The van der Waals surface area contributed by atoms with Crippen molar-refractivity contribution in [2.45, 2.75) is 12.2 Å². The Morgan fingerprint density at radius 2 is 0.625 bits per heavy atom. The molecule has 12 nitrogen and oxygen atoms in total. The van der Waals surface area contributed by atoms with E-state index < -0.39 is 25.4 Å². The topological polar surface area (TPSA) is 333 Å². The third kappa shape index (κ3) is 37.5. The lowest BCUT2D eigenvalue weighted by Gasteiger charge is -2.10. The molecule has 12 heteroatoms. The average Bonchev–Trinajstić information content (AvgIpc) is 1.84. The van der Waals surface area contributed by atoms with E-state index in [0.29, 0.717) is 0 Å².